The van der Waals surface area contributed by atoms with Gasteiger partial charge in [-0.1, -0.05) is 18.2 Å². The Morgan fingerprint density at radius 1 is 1.32 bits per heavy atom. The molecule has 0 bridgehead atoms. The molecule has 1 unspecified atom stereocenters. The number of carbonyl (C=O) groups excluding carboxylic acids is 2. The molecule has 1 atom stereocenters. The molecule has 1 aromatic carbocycles. The molecular weight excluding hydrogens is 282 g/mol. The molecule has 6 nitrogen and oxygen atoms in total. The summed E-state index contributed by atoms with van der Waals surface area (Å²) >= 11 is 0. The van der Waals surface area contributed by atoms with Crippen LogP contribution in [-0.2, 0) is 16.0 Å². The van der Waals surface area contributed by atoms with E-state index in [9.17, 15) is 9.59 Å². The lowest BCUT2D eigenvalue weighted by Crippen LogP contribution is -2.51. The molecule has 1 N–H and O–H groups in total. The van der Waals surface area contributed by atoms with E-state index in [1.807, 2.05) is 24.3 Å². The van der Waals surface area contributed by atoms with E-state index in [2.05, 4.69) is 5.32 Å². The summed E-state index contributed by atoms with van der Waals surface area (Å²) in [5.74, 6) is 0.621. The van der Waals surface area contributed by atoms with Crippen molar-refractivity contribution in [3.8, 4) is 5.75 Å². The van der Waals surface area contributed by atoms with E-state index in [0.717, 1.165) is 24.4 Å². The van der Waals surface area contributed by atoms with Gasteiger partial charge in [0.1, 0.15) is 5.75 Å². The quantitative estimate of drug-likeness (QED) is 0.846. The van der Waals surface area contributed by atoms with Crippen LogP contribution in [-0.4, -0.2) is 67.5 Å². The van der Waals surface area contributed by atoms with Gasteiger partial charge >= 0.3 is 0 Å². The van der Waals surface area contributed by atoms with Gasteiger partial charge < -0.3 is 19.9 Å². The number of nitrogens with one attached hydrogen (secondary N) is 1. The third kappa shape index (κ3) is 3.06. The number of carbonyl (C=O) groups is 2. The molecule has 0 aromatic heterocycles. The van der Waals surface area contributed by atoms with Crippen molar-refractivity contribution in [3.05, 3.63) is 29.8 Å². The number of hydrogen-bond donors (Lipinski definition) is 1. The van der Waals surface area contributed by atoms with Gasteiger partial charge in [0.15, 0.2) is 6.10 Å². The second-order valence-corrected chi connectivity index (χ2v) is 5.74. The Kier molecular flexibility index (Phi) is 4.29. The molecule has 2 amide bonds. The van der Waals surface area contributed by atoms with Gasteiger partial charge in [0.2, 0.25) is 5.91 Å². The molecule has 1 saturated heterocycles. The van der Waals surface area contributed by atoms with Crippen molar-refractivity contribution >= 4 is 11.8 Å². The van der Waals surface area contributed by atoms with E-state index in [1.165, 1.54) is 4.90 Å². The van der Waals surface area contributed by atoms with Crippen LogP contribution in [0.25, 0.3) is 0 Å². The number of para-hydroxylation sites is 1. The van der Waals surface area contributed by atoms with Crippen molar-refractivity contribution in [1.29, 1.82) is 0 Å². The zero-order chi connectivity index (χ0) is 15.5. The molecule has 1 fully saturated rings. The van der Waals surface area contributed by atoms with E-state index in [0.29, 0.717) is 19.5 Å². The Balaban J connectivity index is 1.55. The largest absolute Gasteiger partial charge is 0.480 e. The van der Waals surface area contributed by atoms with Gasteiger partial charge in [-0.2, -0.15) is 0 Å². The molecule has 0 spiro atoms. The molecule has 6 heteroatoms. The fourth-order valence-corrected chi connectivity index (χ4v) is 2.86. The van der Waals surface area contributed by atoms with Gasteiger partial charge in [0, 0.05) is 39.6 Å². The summed E-state index contributed by atoms with van der Waals surface area (Å²) in [4.78, 5) is 27.9. The Hall–Kier alpha value is -2.08. The van der Waals surface area contributed by atoms with Crippen LogP contribution < -0.4 is 10.1 Å². The maximum Gasteiger partial charge on any atom is 0.264 e. The predicted molar refractivity (Wildman–Crippen MR) is 81.6 cm³/mol. The average Bonchev–Trinajstić information content (AvgIpc) is 2.98. The first-order chi connectivity index (χ1) is 10.6. The number of nitrogens with zero attached hydrogens (tertiary/aromatic N) is 2. The topological polar surface area (TPSA) is 61.9 Å². The highest BCUT2D eigenvalue weighted by Gasteiger charge is 2.32. The van der Waals surface area contributed by atoms with Crippen molar-refractivity contribution < 1.29 is 14.3 Å². The predicted octanol–water partition coefficient (Wildman–Crippen LogP) is -0.120. The van der Waals surface area contributed by atoms with Crippen LogP contribution in [0.1, 0.15) is 5.56 Å². The average molecular weight is 303 g/mol. The van der Waals surface area contributed by atoms with Gasteiger partial charge in [0.05, 0.1) is 6.54 Å². The maximum atomic E-state index is 12.4. The number of benzene rings is 1. The lowest BCUT2D eigenvalue weighted by molar-refractivity contribution is -0.143. The van der Waals surface area contributed by atoms with Gasteiger partial charge in [-0.15, -0.1) is 0 Å². The summed E-state index contributed by atoms with van der Waals surface area (Å²) in [6, 6.07) is 7.67. The van der Waals surface area contributed by atoms with Crippen molar-refractivity contribution in [2.75, 3.05) is 39.8 Å². The smallest absolute Gasteiger partial charge is 0.264 e. The third-order valence-electron chi connectivity index (χ3n) is 4.14. The van der Waals surface area contributed by atoms with E-state index in [4.69, 9.17) is 4.74 Å². The van der Waals surface area contributed by atoms with E-state index in [-0.39, 0.29) is 18.4 Å². The lowest BCUT2D eigenvalue weighted by Gasteiger charge is -2.29. The van der Waals surface area contributed by atoms with Crippen LogP contribution in [0, 0.1) is 0 Å². The van der Waals surface area contributed by atoms with Crippen molar-refractivity contribution in [2.45, 2.75) is 12.5 Å². The molecule has 2 aliphatic heterocycles. The number of hydrogen-bond acceptors (Lipinski definition) is 4. The number of piperazine rings is 1. The third-order valence-corrected chi connectivity index (χ3v) is 4.14. The number of likely N-dealkylation sites (N-methyl/N-ethyl adjacent to an activating group) is 1. The second-order valence-electron chi connectivity index (χ2n) is 5.74. The zero-order valence-electron chi connectivity index (χ0n) is 12.7. The second kappa shape index (κ2) is 6.36. The Bertz CT molecular complexity index is 545. The van der Waals surface area contributed by atoms with E-state index < -0.39 is 6.10 Å². The molecule has 0 aliphatic carbocycles. The SMILES string of the molecule is CN(CC(=O)N1CCNCC1)C(=O)C1Cc2ccccc2O1. The van der Waals surface area contributed by atoms with Crippen LogP contribution in [0.15, 0.2) is 24.3 Å². The van der Waals surface area contributed by atoms with Crippen molar-refractivity contribution in [2.24, 2.45) is 0 Å². The van der Waals surface area contributed by atoms with E-state index >= 15 is 0 Å². The van der Waals surface area contributed by atoms with Crippen LogP contribution in [0.4, 0.5) is 0 Å². The Labute approximate surface area is 130 Å². The van der Waals surface area contributed by atoms with Gasteiger partial charge in [-0.05, 0) is 11.6 Å². The van der Waals surface area contributed by atoms with Gasteiger partial charge in [0.25, 0.3) is 5.91 Å². The molecule has 0 saturated carbocycles. The molecule has 1 aromatic rings. The fraction of sp³-hybridized carbons (Fsp3) is 0.500. The molecule has 2 aliphatic rings. The number of amides is 2. The Morgan fingerprint density at radius 3 is 2.77 bits per heavy atom. The summed E-state index contributed by atoms with van der Waals surface area (Å²) in [6.07, 6.45) is 0.0551. The van der Waals surface area contributed by atoms with Crippen LogP contribution >= 0.6 is 0 Å². The molecule has 3 rings (SSSR count). The van der Waals surface area contributed by atoms with Crippen molar-refractivity contribution in [1.82, 2.24) is 15.1 Å². The lowest BCUT2D eigenvalue weighted by atomic mass is 10.1. The first kappa shape index (κ1) is 14.8. The molecular formula is C16H21N3O3. The van der Waals surface area contributed by atoms with Crippen LogP contribution in [0.3, 0.4) is 0 Å². The highest BCUT2D eigenvalue weighted by molar-refractivity contribution is 5.87. The minimum atomic E-state index is -0.516. The number of rotatable bonds is 3. The standard InChI is InChI=1S/C16H21N3O3/c1-18(11-15(20)19-8-6-17-7-9-19)16(21)14-10-12-4-2-3-5-13(12)22-14/h2-5,14,17H,6-11H2,1H3. The number of fused-ring (bicyclic) bond motifs is 1. The number of ether oxygens (including phenoxy) is 1. The summed E-state index contributed by atoms with van der Waals surface area (Å²) in [5, 5.41) is 3.21. The normalized spacial score (nSPS) is 20.2. The monoisotopic (exact) mass is 303 g/mol. The highest BCUT2D eigenvalue weighted by atomic mass is 16.5. The van der Waals surface area contributed by atoms with Crippen LogP contribution in [0.5, 0.6) is 5.75 Å². The molecule has 2 heterocycles. The van der Waals surface area contributed by atoms with Crippen LogP contribution in [0.2, 0.25) is 0 Å². The minimum absolute atomic E-state index is 0.00661. The highest BCUT2D eigenvalue weighted by Crippen LogP contribution is 2.28. The summed E-state index contributed by atoms with van der Waals surface area (Å²) in [5.41, 5.74) is 1.04. The molecule has 0 radical (unpaired) electrons. The van der Waals surface area contributed by atoms with Gasteiger partial charge in [-0.25, -0.2) is 0 Å². The Morgan fingerprint density at radius 2 is 2.05 bits per heavy atom. The fourth-order valence-electron chi connectivity index (χ4n) is 2.86. The zero-order valence-corrected chi connectivity index (χ0v) is 12.7. The van der Waals surface area contributed by atoms with Crippen molar-refractivity contribution in [3.63, 3.8) is 0 Å². The van der Waals surface area contributed by atoms with Gasteiger partial charge in [-0.3, -0.25) is 9.59 Å². The summed E-state index contributed by atoms with van der Waals surface area (Å²) in [7, 11) is 1.66. The van der Waals surface area contributed by atoms with E-state index in [1.54, 1.807) is 11.9 Å². The first-order valence-electron chi connectivity index (χ1n) is 7.63. The molecule has 22 heavy (non-hydrogen) atoms. The first-order valence-corrected chi connectivity index (χ1v) is 7.63. The summed E-state index contributed by atoms with van der Waals surface area (Å²) in [6.45, 7) is 3.13. The minimum Gasteiger partial charge on any atom is -0.480 e. The maximum absolute atomic E-state index is 12.4. The summed E-state index contributed by atoms with van der Waals surface area (Å²) < 4.78 is 5.69. The molecule has 118 valence electrons.